The van der Waals surface area contributed by atoms with E-state index in [2.05, 4.69) is 15.5 Å². The summed E-state index contributed by atoms with van der Waals surface area (Å²) < 4.78 is 15.7. The zero-order valence-corrected chi connectivity index (χ0v) is 14.0. The number of ether oxygens (including phenoxy) is 3. The Morgan fingerprint density at radius 2 is 1.75 bits per heavy atom. The predicted molar refractivity (Wildman–Crippen MR) is 90.0 cm³/mol. The minimum Gasteiger partial charge on any atom is -0.493 e. The fraction of sp³-hybridized carbons (Fsp3) is 0.235. The van der Waals surface area contributed by atoms with Crippen molar-refractivity contribution in [1.82, 2.24) is 10.4 Å². The molecule has 0 aliphatic carbocycles. The summed E-state index contributed by atoms with van der Waals surface area (Å²) in [5.74, 6) is 0.814. The zero-order valence-electron chi connectivity index (χ0n) is 14.0. The van der Waals surface area contributed by atoms with E-state index in [1.807, 2.05) is 18.2 Å². The number of hydrogen-bond donors (Lipinski definition) is 1. The summed E-state index contributed by atoms with van der Waals surface area (Å²) in [6.45, 7) is 1.76. The zero-order chi connectivity index (χ0) is 17.5. The minimum atomic E-state index is -0.399. The van der Waals surface area contributed by atoms with Gasteiger partial charge in [-0.05, 0) is 31.2 Å². The highest BCUT2D eigenvalue weighted by Gasteiger charge is 2.16. The second-order valence-corrected chi connectivity index (χ2v) is 4.77. The summed E-state index contributed by atoms with van der Waals surface area (Å²) in [5, 5.41) is 4.07. The summed E-state index contributed by atoms with van der Waals surface area (Å²) in [7, 11) is 4.48. The highest BCUT2D eigenvalue weighted by atomic mass is 16.5. The lowest BCUT2D eigenvalue weighted by Gasteiger charge is -2.13. The number of hydrazone groups is 1. The van der Waals surface area contributed by atoms with Crippen molar-refractivity contribution in [3.05, 3.63) is 47.8 Å². The number of pyridine rings is 1. The standard InChI is InChI=1S/C17H19N3O4/c1-11(13-7-5-6-8-18-13)19-20-17(21)12-9-14(22-2)16(24-4)15(10-12)23-3/h5-10H,1-4H3,(H,20,21)/b19-11-. The number of hydrogen-bond acceptors (Lipinski definition) is 6. The molecule has 0 unspecified atom stereocenters. The molecule has 2 aromatic rings. The SMILES string of the molecule is COc1cc(C(=O)N/N=C(/C)c2ccccn2)cc(OC)c1OC. The molecule has 24 heavy (non-hydrogen) atoms. The molecule has 1 N–H and O–H groups in total. The van der Waals surface area contributed by atoms with E-state index in [1.165, 1.54) is 21.3 Å². The third-order valence-corrected chi connectivity index (χ3v) is 3.29. The molecule has 0 radical (unpaired) electrons. The second kappa shape index (κ2) is 7.96. The van der Waals surface area contributed by atoms with Gasteiger partial charge in [0.1, 0.15) is 0 Å². The normalized spacial score (nSPS) is 10.9. The van der Waals surface area contributed by atoms with Gasteiger partial charge in [0.25, 0.3) is 5.91 Å². The lowest BCUT2D eigenvalue weighted by Crippen LogP contribution is -2.20. The molecule has 1 amide bonds. The summed E-state index contributed by atoms with van der Waals surface area (Å²) in [6.07, 6.45) is 1.66. The number of amides is 1. The lowest BCUT2D eigenvalue weighted by atomic mass is 10.1. The van der Waals surface area contributed by atoms with E-state index in [-0.39, 0.29) is 0 Å². The van der Waals surface area contributed by atoms with Crippen LogP contribution in [0.3, 0.4) is 0 Å². The number of methoxy groups -OCH3 is 3. The fourth-order valence-corrected chi connectivity index (χ4v) is 2.05. The summed E-state index contributed by atoms with van der Waals surface area (Å²) in [6, 6.07) is 8.59. The molecule has 0 aliphatic heterocycles. The number of benzene rings is 1. The van der Waals surface area contributed by atoms with E-state index in [0.717, 1.165) is 0 Å². The van der Waals surface area contributed by atoms with Gasteiger partial charge in [0.15, 0.2) is 11.5 Å². The molecule has 126 valence electrons. The predicted octanol–water partition coefficient (Wildman–Crippen LogP) is 2.26. The quantitative estimate of drug-likeness (QED) is 0.649. The molecule has 2 rings (SSSR count). The van der Waals surface area contributed by atoms with Crippen molar-refractivity contribution in [3.8, 4) is 17.2 Å². The summed E-state index contributed by atoms with van der Waals surface area (Å²) >= 11 is 0. The summed E-state index contributed by atoms with van der Waals surface area (Å²) in [4.78, 5) is 16.5. The van der Waals surface area contributed by atoms with Gasteiger partial charge in [-0.15, -0.1) is 0 Å². The van der Waals surface area contributed by atoms with Crippen LogP contribution in [-0.4, -0.2) is 37.9 Å². The highest BCUT2D eigenvalue weighted by Crippen LogP contribution is 2.38. The van der Waals surface area contributed by atoms with Crippen molar-refractivity contribution in [2.45, 2.75) is 6.92 Å². The number of carbonyl (C=O) groups excluding carboxylic acids is 1. The molecule has 7 nitrogen and oxygen atoms in total. The number of rotatable bonds is 6. The van der Waals surface area contributed by atoms with E-state index >= 15 is 0 Å². The average molecular weight is 329 g/mol. The molecule has 0 atom stereocenters. The van der Waals surface area contributed by atoms with Crippen molar-refractivity contribution < 1.29 is 19.0 Å². The number of nitrogens with one attached hydrogen (secondary N) is 1. The smallest absolute Gasteiger partial charge is 0.271 e. The Kier molecular flexibility index (Phi) is 5.73. The molecule has 1 aromatic carbocycles. The van der Waals surface area contributed by atoms with Crippen molar-refractivity contribution in [2.24, 2.45) is 5.10 Å². The fourth-order valence-electron chi connectivity index (χ4n) is 2.05. The van der Waals surface area contributed by atoms with E-state index in [9.17, 15) is 4.79 Å². The molecular weight excluding hydrogens is 310 g/mol. The first-order valence-corrected chi connectivity index (χ1v) is 7.16. The Balaban J connectivity index is 2.24. The van der Waals surface area contributed by atoms with E-state index in [0.29, 0.717) is 34.2 Å². The highest BCUT2D eigenvalue weighted by molar-refractivity contribution is 6.00. The Hall–Kier alpha value is -3.09. The molecule has 1 aromatic heterocycles. The van der Waals surface area contributed by atoms with Crippen LogP contribution in [0.15, 0.2) is 41.6 Å². The van der Waals surface area contributed by atoms with Crippen LogP contribution in [0.25, 0.3) is 0 Å². The minimum absolute atomic E-state index is 0.335. The average Bonchev–Trinajstić information content (AvgIpc) is 2.65. The molecule has 0 saturated carbocycles. The Morgan fingerprint density at radius 3 is 2.25 bits per heavy atom. The Morgan fingerprint density at radius 1 is 1.08 bits per heavy atom. The van der Waals surface area contributed by atoms with Gasteiger partial charge >= 0.3 is 0 Å². The van der Waals surface area contributed by atoms with Gasteiger partial charge in [0, 0.05) is 11.8 Å². The van der Waals surface area contributed by atoms with Crippen LogP contribution in [0.5, 0.6) is 17.2 Å². The first-order chi connectivity index (χ1) is 11.6. The van der Waals surface area contributed by atoms with Gasteiger partial charge in [-0.2, -0.15) is 5.10 Å². The van der Waals surface area contributed by atoms with Crippen LogP contribution < -0.4 is 19.6 Å². The van der Waals surface area contributed by atoms with Gasteiger partial charge in [0.05, 0.1) is 32.7 Å². The maximum Gasteiger partial charge on any atom is 0.271 e. The van der Waals surface area contributed by atoms with Crippen molar-refractivity contribution in [1.29, 1.82) is 0 Å². The van der Waals surface area contributed by atoms with Gasteiger partial charge in [-0.1, -0.05) is 6.07 Å². The van der Waals surface area contributed by atoms with Crippen molar-refractivity contribution >= 4 is 11.6 Å². The van der Waals surface area contributed by atoms with E-state index in [4.69, 9.17) is 14.2 Å². The first-order valence-electron chi connectivity index (χ1n) is 7.16. The first kappa shape index (κ1) is 17.3. The molecule has 0 spiro atoms. The van der Waals surface area contributed by atoms with Crippen LogP contribution >= 0.6 is 0 Å². The monoisotopic (exact) mass is 329 g/mol. The van der Waals surface area contributed by atoms with Crippen LogP contribution in [0.4, 0.5) is 0 Å². The molecule has 0 fully saturated rings. The maximum absolute atomic E-state index is 12.3. The van der Waals surface area contributed by atoms with Gasteiger partial charge in [-0.3, -0.25) is 9.78 Å². The number of carbonyl (C=O) groups is 1. The lowest BCUT2D eigenvalue weighted by molar-refractivity contribution is 0.0954. The third-order valence-electron chi connectivity index (χ3n) is 3.29. The van der Waals surface area contributed by atoms with Crippen molar-refractivity contribution in [2.75, 3.05) is 21.3 Å². The molecular formula is C17H19N3O4. The van der Waals surface area contributed by atoms with E-state index < -0.39 is 5.91 Å². The van der Waals surface area contributed by atoms with Crippen LogP contribution in [0.2, 0.25) is 0 Å². The molecule has 7 heteroatoms. The van der Waals surface area contributed by atoms with Gasteiger partial charge in [-0.25, -0.2) is 5.43 Å². The van der Waals surface area contributed by atoms with Crippen LogP contribution in [-0.2, 0) is 0 Å². The Bertz CT molecular complexity index is 720. The topological polar surface area (TPSA) is 82.0 Å². The maximum atomic E-state index is 12.3. The number of nitrogens with zero attached hydrogens (tertiary/aromatic N) is 2. The molecule has 1 heterocycles. The van der Waals surface area contributed by atoms with Gasteiger partial charge in [0.2, 0.25) is 5.75 Å². The summed E-state index contributed by atoms with van der Waals surface area (Å²) in [5.41, 5.74) is 4.11. The van der Waals surface area contributed by atoms with E-state index in [1.54, 1.807) is 25.3 Å². The number of aromatic nitrogens is 1. The van der Waals surface area contributed by atoms with Crippen molar-refractivity contribution in [3.63, 3.8) is 0 Å². The van der Waals surface area contributed by atoms with Crippen LogP contribution in [0.1, 0.15) is 23.0 Å². The van der Waals surface area contributed by atoms with Gasteiger partial charge < -0.3 is 14.2 Å². The van der Waals surface area contributed by atoms with Crippen LogP contribution in [0, 0.1) is 0 Å². The molecule has 0 saturated heterocycles. The molecule has 0 bridgehead atoms. The molecule has 0 aliphatic rings. The third kappa shape index (κ3) is 3.81. The second-order valence-electron chi connectivity index (χ2n) is 4.77. The largest absolute Gasteiger partial charge is 0.493 e. The Labute approximate surface area is 140 Å².